The van der Waals surface area contributed by atoms with Crippen LogP contribution in [0.1, 0.15) is 29.3 Å². The molecule has 0 aliphatic heterocycles. The molecule has 0 aliphatic rings. The summed E-state index contributed by atoms with van der Waals surface area (Å²) < 4.78 is 76.2. The van der Waals surface area contributed by atoms with E-state index >= 15 is 0 Å². The van der Waals surface area contributed by atoms with Gasteiger partial charge in [0.15, 0.2) is 5.69 Å². The molecule has 2 aromatic heterocycles. The molecule has 11 heteroatoms. The molecule has 2 heterocycles. The van der Waals surface area contributed by atoms with Crippen molar-refractivity contribution in [3.05, 3.63) is 41.5 Å². The molecule has 0 spiro atoms. The number of imidazole rings is 1. The number of halogens is 7. The zero-order valence-electron chi connectivity index (χ0n) is 12.0. The average Bonchev–Trinajstić information content (AvgIpc) is 2.88. The summed E-state index contributed by atoms with van der Waals surface area (Å²) in [5.41, 5.74) is -0.642. The summed E-state index contributed by atoms with van der Waals surface area (Å²) in [7, 11) is 0. The first-order valence-electron chi connectivity index (χ1n) is 6.64. The predicted molar refractivity (Wildman–Crippen MR) is 72.3 cm³/mol. The van der Waals surface area contributed by atoms with E-state index in [4.69, 9.17) is 11.6 Å². The van der Waals surface area contributed by atoms with Crippen molar-refractivity contribution < 1.29 is 26.3 Å². The quantitative estimate of drug-likeness (QED) is 0.589. The summed E-state index contributed by atoms with van der Waals surface area (Å²) in [6.07, 6.45) is -7.73. The lowest BCUT2D eigenvalue weighted by Crippen LogP contribution is -2.13. The lowest BCUT2D eigenvalue weighted by atomic mass is 10.3. The van der Waals surface area contributed by atoms with Crippen molar-refractivity contribution in [1.82, 2.24) is 19.5 Å². The average molecular weight is 373 g/mol. The molecular formula is C13H11ClF6N4. The number of aryl methyl sites for hydroxylation is 1. The van der Waals surface area contributed by atoms with Gasteiger partial charge >= 0.3 is 12.4 Å². The van der Waals surface area contributed by atoms with Crippen LogP contribution in [0.15, 0.2) is 18.6 Å². The molecule has 2 aromatic rings. The Bertz CT molecular complexity index is 677. The Labute approximate surface area is 137 Å². The molecule has 0 radical (unpaired) electrons. The van der Waals surface area contributed by atoms with Crippen LogP contribution in [0.5, 0.6) is 0 Å². The summed E-state index contributed by atoms with van der Waals surface area (Å²) >= 11 is 5.58. The monoisotopic (exact) mass is 372 g/mol. The zero-order valence-corrected chi connectivity index (χ0v) is 12.8. The van der Waals surface area contributed by atoms with E-state index in [9.17, 15) is 26.3 Å². The van der Waals surface area contributed by atoms with E-state index in [1.165, 1.54) is 12.4 Å². The van der Waals surface area contributed by atoms with Crippen molar-refractivity contribution in [2.75, 3.05) is 0 Å². The van der Waals surface area contributed by atoms with Gasteiger partial charge in [0.2, 0.25) is 0 Å². The maximum Gasteiger partial charge on any atom is 0.434 e. The molecule has 132 valence electrons. The largest absolute Gasteiger partial charge is 0.434 e. The second-order valence-electron chi connectivity index (χ2n) is 4.92. The molecule has 0 N–H and O–H groups in total. The Hall–Kier alpha value is -1.84. The van der Waals surface area contributed by atoms with E-state index < -0.39 is 30.9 Å². The molecule has 0 fully saturated rings. The van der Waals surface area contributed by atoms with E-state index in [0.29, 0.717) is 11.8 Å². The van der Waals surface area contributed by atoms with Gasteiger partial charge in [-0.25, -0.2) is 15.0 Å². The third kappa shape index (κ3) is 5.08. The van der Waals surface area contributed by atoms with E-state index in [2.05, 4.69) is 15.0 Å². The highest BCUT2D eigenvalue weighted by Crippen LogP contribution is 2.29. The van der Waals surface area contributed by atoms with E-state index in [1.54, 1.807) is 0 Å². The number of nitrogens with zero attached hydrogens (tertiary/aromatic N) is 4. The Morgan fingerprint density at radius 1 is 1.04 bits per heavy atom. The molecule has 0 amide bonds. The van der Waals surface area contributed by atoms with Gasteiger partial charge in [-0.2, -0.15) is 26.3 Å². The number of alkyl halides is 7. The van der Waals surface area contributed by atoms with Gasteiger partial charge in [0.1, 0.15) is 11.6 Å². The number of rotatable bonds is 5. The minimum absolute atomic E-state index is 0.142. The zero-order chi connectivity index (χ0) is 18.0. The van der Waals surface area contributed by atoms with Gasteiger partial charge in [-0.05, 0) is 0 Å². The molecule has 2 rings (SSSR count). The van der Waals surface area contributed by atoms with Crippen LogP contribution < -0.4 is 0 Å². The first-order valence-corrected chi connectivity index (χ1v) is 7.17. The normalized spacial score (nSPS) is 12.6. The minimum atomic E-state index is -4.75. The standard InChI is InChI=1S/C13H11ClF6N4/c14-3-8-4-21-10(22-5-8)7-24-6-9(13(18,19)20)23-11(24)1-2-12(15,16)17/h4-6H,1-3,7H2. The molecule has 0 unspecified atom stereocenters. The summed E-state index contributed by atoms with van der Waals surface area (Å²) in [6.45, 7) is -0.223. The van der Waals surface area contributed by atoms with Gasteiger partial charge in [0.25, 0.3) is 0 Å². The van der Waals surface area contributed by atoms with E-state index in [0.717, 1.165) is 4.57 Å². The molecule has 0 saturated heterocycles. The fraction of sp³-hybridized carbons (Fsp3) is 0.462. The van der Waals surface area contributed by atoms with Crippen molar-refractivity contribution in [2.24, 2.45) is 0 Å². The van der Waals surface area contributed by atoms with Crippen LogP contribution in [0, 0.1) is 0 Å². The Morgan fingerprint density at radius 2 is 1.67 bits per heavy atom. The van der Waals surface area contributed by atoms with Crippen LogP contribution in [0.25, 0.3) is 0 Å². The van der Waals surface area contributed by atoms with Gasteiger partial charge in [-0.3, -0.25) is 0 Å². The van der Waals surface area contributed by atoms with Crippen molar-refractivity contribution in [3.8, 4) is 0 Å². The third-order valence-electron chi connectivity index (χ3n) is 3.01. The van der Waals surface area contributed by atoms with Crippen LogP contribution >= 0.6 is 11.6 Å². The predicted octanol–water partition coefficient (Wildman–Crippen LogP) is 3.97. The lowest BCUT2D eigenvalue weighted by molar-refractivity contribution is -0.141. The second kappa shape index (κ2) is 6.96. The van der Waals surface area contributed by atoms with Crippen molar-refractivity contribution in [3.63, 3.8) is 0 Å². The Kier molecular flexibility index (Phi) is 5.36. The molecular weight excluding hydrogens is 362 g/mol. The van der Waals surface area contributed by atoms with E-state index in [-0.39, 0.29) is 24.1 Å². The fourth-order valence-electron chi connectivity index (χ4n) is 1.87. The Balaban J connectivity index is 2.26. The maximum absolute atomic E-state index is 12.7. The molecule has 0 saturated carbocycles. The maximum atomic E-state index is 12.7. The van der Waals surface area contributed by atoms with Crippen LogP contribution in [-0.2, 0) is 25.0 Å². The molecule has 0 aliphatic carbocycles. The van der Waals surface area contributed by atoms with E-state index in [1.807, 2.05) is 0 Å². The summed E-state index contributed by atoms with van der Waals surface area (Å²) in [4.78, 5) is 11.1. The fourth-order valence-corrected chi connectivity index (χ4v) is 2.00. The van der Waals surface area contributed by atoms with Crippen LogP contribution in [-0.4, -0.2) is 25.7 Å². The van der Waals surface area contributed by atoms with Crippen molar-refractivity contribution >= 4 is 11.6 Å². The summed E-state index contributed by atoms with van der Waals surface area (Å²) in [5, 5.41) is 0. The highest BCUT2D eigenvalue weighted by molar-refractivity contribution is 6.17. The highest BCUT2D eigenvalue weighted by atomic mass is 35.5. The molecule has 0 aromatic carbocycles. The first kappa shape index (κ1) is 18.5. The SMILES string of the molecule is FC(F)(F)CCc1nc(C(F)(F)F)cn1Cc1ncc(CCl)cn1. The highest BCUT2D eigenvalue weighted by Gasteiger charge is 2.35. The Morgan fingerprint density at radius 3 is 2.17 bits per heavy atom. The molecule has 0 bridgehead atoms. The lowest BCUT2D eigenvalue weighted by Gasteiger charge is -2.08. The molecule has 0 atom stereocenters. The van der Waals surface area contributed by atoms with Gasteiger partial charge in [-0.15, -0.1) is 11.6 Å². The summed E-state index contributed by atoms with van der Waals surface area (Å²) in [6, 6.07) is 0. The van der Waals surface area contributed by atoms with Crippen LogP contribution in [0.3, 0.4) is 0 Å². The van der Waals surface area contributed by atoms with Crippen molar-refractivity contribution in [1.29, 1.82) is 0 Å². The van der Waals surface area contributed by atoms with Crippen molar-refractivity contribution in [2.45, 2.75) is 37.6 Å². The van der Waals surface area contributed by atoms with Gasteiger partial charge in [0, 0.05) is 30.6 Å². The second-order valence-corrected chi connectivity index (χ2v) is 5.19. The molecule has 24 heavy (non-hydrogen) atoms. The van der Waals surface area contributed by atoms with Gasteiger partial charge in [-0.1, -0.05) is 0 Å². The smallest absolute Gasteiger partial charge is 0.327 e. The number of hydrogen-bond donors (Lipinski definition) is 0. The number of aromatic nitrogens is 4. The minimum Gasteiger partial charge on any atom is -0.327 e. The first-order chi connectivity index (χ1) is 11.1. The van der Waals surface area contributed by atoms with Gasteiger partial charge < -0.3 is 4.57 Å². The summed E-state index contributed by atoms with van der Waals surface area (Å²) in [5.74, 6) is -0.0200. The molecule has 4 nitrogen and oxygen atoms in total. The van der Waals surface area contributed by atoms with Gasteiger partial charge in [0.05, 0.1) is 18.8 Å². The van der Waals surface area contributed by atoms with Crippen LogP contribution in [0.4, 0.5) is 26.3 Å². The third-order valence-corrected chi connectivity index (χ3v) is 3.32. The topological polar surface area (TPSA) is 43.6 Å². The number of hydrogen-bond acceptors (Lipinski definition) is 3. The van der Waals surface area contributed by atoms with Crippen LogP contribution in [0.2, 0.25) is 0 Å².